The molecular formula is C15H21F3N2S. The van der Waals surface area contributed by atoms with Gasteiger partial charge in [0.15, 0.2) is 0 Å². The van der Waals surface area contributed by atoms with Gasteiger partial charge in [-0.05, 0) is 75.3 Å². The van der Waals surface area contributed by atoms with Crippen molar-refractivity contribution in [3.63, 3.8) is 0 Å². The number of likely N-dealkylation sites (tertiary alicyclic amines) is 1. The van der Waals surface area contributed by atoms with Crippen molar-refractivity contribution in [3.05, 3.63) is 24.3 Å². The topological polar surface area (TPSA) is 15.3 Å². The predicted molar refractivity (Wildman–Crippen MR) is 81.7 cm³/mol. The second-order valence-corrected chi connectivity index (χ2v) is 6.81. The first-order valence-corrected chi connectivity index (χ1v) is 7.96. The zero-order chi connectivity index (χ0) is 15.5. The Morgan fingerprint density at radius 2 is 1.95 bits per heavy atom. The zero-order valence-electron chi connectivity index (χ0n) is 12.3. The number of benzene rings is 1. The van der Waals surface area contributed by atoms with Gasteiger partial charge < -0.3 is 10.2 Å². The van der Waals surface area contributed by atoms with Gasteiger partial charge in [-0.1, -0.05) is 0 Å². The lowest BCUT2D eigenvalue weighted by Crippen LogP contribution is -2.39. The van der Waals surface area contributed by atoms with Gasteiger partial charge in [-0.2, -0.15) is 13.2 Å². The van der Waals surface area contributed by atoms with Crippen molar-refractivity contribution in [2.24, 2.45) is 5.92 Å². The largest absolute Gasteiger partial charge is 0.446 e. The summed E-state index contributed by atoms with van der Waals surface area (Å²) >= 11 is -0.0778. The molecule has 1 aromatic rings. The fourth-order valence-corrected chi connectivity index (χ4v) is 3.29. The molecule has 1 fully saturated rings. The van der Waals surface area contributed by atoms with E-state index in [0.29, 0.717) is 12.0 Å². The Morgan fingerprint density at radius 3 is 2.52 bits per heavy atom. The molecule has 2 atom stereocenters. The molecule has 1 aliphatic heterocycles. The van der Waals surface area contributed by atoms with E-state index >= 15 is 0 Å². The molecule has 1 aliphatic rings. The number of nitrogens with one attached hydrogen (secondary N) is 1. The number of nitrogens with zero attached hydrogens (tertiary/aromatic N) is 1. The van der Waals surface area contributed by atoms with Crippen molar-refractivity contribution in [2.45, 2.75) is 36.2 Å². The van der Waals surface area contributed by atoms with Gasteiger partial charge in [-0.15, -0.1) is 0 Å². The minimum atomic E-state index is -4.23. The van der Waals surface area contributed by atoms with Gasteiger partial charge in [-0.25, -0.2) is 0 Å². The summed E-state index contributed by atoms with van der Waals surface area (Å²) in [6, 6.07) is 6.78. The van der Waals surface area contributed by atoms with E-state index in [1.807, 2.05) is 0 Å². The third kappa shape index (κ3) is 5.43. The molecule has 0 saturated carbocycles. The fraction of sp³-hybridized carbons (Fsp3) is 0.600. The highest BCUT2D eigenvalue weighted by atomic mass is 32.2. The van der Waals surface area contributed by atoms with E-state index in [-0.39, 0.29) is 16.7 Å². The van der Waals surface area contributed by atoms with Gasteiger partial charge in [0.1, 0.15) is 0 Å². The minimum absolute atomic E-state index is 0.0778. The van der Waals surface area contributed by atoms with Gasteiger partial charge in [0.05, 0.1) is 0 Å². The summed E-state index contributed by atoms with van der Waals surface area (Å²) in [5.74, 6) is 0.577. The van der Waals surface area contributed by atoms with Crippen LogP contribution in [-0.2, 0) is 0 Å². The molecule has 0 bridgehead atoms. The Kier molecular flexibility index (Phi) is 5.43. The molecule has 21 heavy (non-hydrogen) atoms. The lowest BCUT2D eigenvalue weighted by atomic mass is 9.92. The maximum atomic E-state index is 12.3. The first kappa shape index (κ1) is 16.5. The fourth-order valence-electron chi connectivity index (χ4n) is 2.75. The van der Waals surface area contributed by atoms with Gasteiger partial charge >= 0.3 is 5.51 Å². The lowest BCUT2D eigenvalue weighted by molar-refractivity contribution is -0.0328. The van der Waals surface area contributed by atoms with Crippen LogP contribution in [0.1, 0.15) is 19.8 Å². The van der Waals surface area contributed by atoms with Crippen molar-refractivity contribution >= 4 is 17.4 Å². The molecule has 1 saturated heterocycles. The summed E-state index contributed by atoms with van der Waals surface area (Å²) in [4.78, 5) is 2.55. The number of hydrogen-bond acceptors (Lipinski definition) is 3. The van der Waals surface area contributed by atoms with Crippen molar-refractivity contribution < 1.29 is 13.2 Å². The molecular weight excluding hydrogens is 297 g/mol. The molecule has 1 heterocycles. The van der Waals surface area contributed by atoms with E-state index < -0.39 is 5.51 Å². The van der Waals surface area contributed by atoms with Gasteiger partial charge in [-0.3, -0.25) is 0 Å². The highest BCUT2D eigenvalue weighted by Crippen LogP contribution is 2.37. The summed E-state index contributed by atoms with van der Waals surface area (Å²) in [5, 5.41) is 3.41. The number of piperidine rings is 1. The number of alkyl halides is 3. The molecule has 1 N–H and O–H groups in total. The van der Waals surface area contributed by atoms with Crippen molar-refractivity contribution in [1.82, 2.24) is 4.90 Å². The van der Waals surface area contributed by atoms with Crippen LogP contribution in [0.5, 0.6) is 0 Å². The smallest absolute Gasteiger partial charge is 0.382 e. The Bertz CT molecular complexity index is 447. The van der Waals surface area contributed by atoms with Crippen LogP contribution < -0.4 is 5.32 Å². The van der Waals surface area contributed by atoms with Crippen LogP contribution >= 0.6 is 11.8 Å². The van der Waals surface area contributed by atoms with Gasteiger partial charge in [0.25, 0.3) is 0 Å². The van der Waals surface area contributed by atoms with E-state index in [2.05, 4.69) is 24.2 Å². The molecule has 6 heteroatoms. The SMILES string of the molecule is CC(Nc1ccc(SC(F)(F)F)cc1)C1CCCN(C)C1. The van der Waals surface area contributed by atoms with E-state index in [9.17, 15) is 13.2 Å². The zero-order valence-corrected chi connectivity index (χ0v) is 13.1. The van der Waals surface area contributed by atoms with Crippen molar-refractivity contribution in [1.29, 1.82) is 0 Å². The van der Waals surface area contributed by atoms with Crippen LogP contribution in [-0.4, -0.2) is 36.6 Å². The molecule has 0 radical (unpaired) electrons. The number of rotatable bonds is 4. The molecule has 0 amide bonds. The van der Waals surface area contributed by atoms with E-state index in [0.717, 1.165) is 18.8 Å². The highest BCUT2D eigenvalue weighted by Gasteiger charge is 2.29. The van der Waals surface area contributed by atoms with E-state index in [1.165, 1.54) is 25.0 Å². The molecule has 0 spiro atoms. The van der Waals surface area contributed by atoms with E-state index in [1.54, 1.807) is 12.1 Å². The molecule has 2 rings (SSSR count). The van der Waals surface area contributed by atoms with E-state index in [4.69, 9.17) is 0 Å². The average Bonchev–Trinajstić information content (AvgIpc) is 2.39. The average molecular weight is 318 g/mol. The molecule has 118 valence electrons. The first-order chi connectivity index (χ1) is 9.83. The number of hydrogen-bond donors (Lipinski definition) is 1. The molecule has 0 aromatic heterocycles. The summed E-state index contributed by atoms with van der Waals surface area (Å²) in [6.45, 7) is 4.35. The summed E-state index contributed by atoms with van der Waals surface area (Å²) in [6.07, 6.45) is 2.40. The molecule has 2 unspecified atom stereocenters. The van der Waals surface area contributed by atoms with Crippen LogP contribution in [0.3, 0.4) is 0 Å². The third-order valence-electron chi connectivity index (χ3n) is 3.85. The second kappa shape index (κ2) is 6.92. The quantitative estimate of drug-likeness (QED) is 0.826. The van der Waals surface area contributed by atoms with Crippen molar-refractivity contribution in [2.75, 3.05) is 25.5 Å². The standard InChI is InChI=1S/C15H21F3N2S/c1-11(12-4-3-9-20(2)10-12)19-13-5-7-14(8-6-13)21-15(16,17)18/h5-8,11-12,19H,3-4,9-10H2,1-2H3. The monoisotopic (exact) mass is 318 g/mol. The van der Waals surface area contributed by atoms with Crippen LogP contribution in [0.25, 0.3) is 0 Å². The second-order valence-electron chi connectivity index (χ2n) is 5.67. The highest BCUT2D eigenvalue weighted by molar-refractivity contribution is 8.00. The lowest BCUT2D eigenvalue weighted by Gasteiger charge is -2.34. The molecule has 2 nitrogen and oxygen atoms in total. The van der Waals surface area contributed by atoms with Gasteiger partial charge in [0, 0.05) is 23.2 Å². The Hall–Kier alpha value is -0.880. The predicted octanol–water partition coefficient (Wildman–Crippen LogP) is 4.44. The summed E-state index contributed by atoms with van der Waals surface area (Å²) in [5.41, 5.74) is -3.35. The maximum Gasteiger partial charge on any atom is 0.446 e. The minimum Gasteiger partial charge on any atom is -0.382 e. The number of halogens is 3. The Labute approximate surface area is 128 Å². The number of anilines is 1. The third-order valence-corrected chi connectivity index (χ3v) is 4.59. The van der Waals surface area contributed by atoms with Crippen LogP contribution in [0, 0.1) is 5.92 Å². The summed E-state index contributed by atoms with van der Waals surface area (Å²) in [7, 11) is 2.13. The van der Waals surface area contributed by atoms with Crippen LogP contribution in [0.4, 0.5) is 18.9 Å². The number of thioether (sulfide) groups is 1. The van der Waals surface area contributed by atoms with Crippen LogP contribution in [0.2, 0.25) is 0 Å². The van der Waals surface area contributed by atoms with Crippen LogP contribution in [0.15, 0.2) is 29.2 Å². The normalized spacial score (nSPS) is 22.0. The van der Waals surface area contributed by atoms with Gasteiger partial charge in [0.2, 0.25) is 0 Å². The Morgan fingerprint density at radius 1 is 1.29 bits per heavy atom. The molecule has 0 aliphatic carbocycles. The van der Waals surface area contributed by atoms with Crippen molar-refractivity contribution in [3.8, 4) is 0 Å². The molecule has 1 aromatic carbocycles. The first-order valence-electron chi connectivity index (χ1n) is 7.14. The maximum absolute atomic E-state index is 12.3. The summed E-state index contributed by atoms with van der Waals surface area (Å²) < 4.78 is 36.8. The Balaban J connectivity index is 1.90.